The van der Waals surface area contributed by atoms with Crippen LogP contribution in [0.4, 0.5) is 5.69 Å². The number of nitrogen functional groups attached to an aromatic ring is 1. The van der Waals surface area contributed by atoms with Gasteiger partial charge in [-0.25, -0.2) is 4.98 Å². The highest BCUT2D eigenvalue weighted by molar-refractivity contribution is 6.06. The Morgan fingerprint density at radius 3 is 2.59 bits per heavy atom. The van der Waals surface area contributed by atoms with E-state index in [0.29, 0.717) is 57.7 Å². The van der Waals surface area contributed by atoms with E-state index < -0.39 is 0 Å². The van der Waals surface area contributed by atoms with Crippen molar-refractivity contribution in [2.45, 2.75) is 0 Å². The molecule has 1 aliphatic heterocycles. The van der Waals surface area contributed by atoms with Gasteiger partial charge in [0, 0.05) is 37.6 Å². The number of nitrogens with one attached hydrogen (secondary N) is 2. The number of hydrogen-bond donors (Lipinski definition) is 3. The van der Waals surface area contributed by atoms with E-state index in [1.807, 2.05) is 30.1 Å². The highest BCUT2D eigenvalue weighted by Gasteiger charge is 2.25. The zero-order valence-corrected chi connectivity index (χ0v) is 17.9. The van der Waals surface area contributed by atoms with Crippen LogP contribution in [0, 0.1) is 0 Å². The summed E-state index contributed by atoms with van der Waals surface area (Å²) in [6.45, 7) is 2.95. The maximum absolute atomic E-state index is 13.2. The fourth-order valence-electron chi connectivity index (χ4n) is 4.14. The molecule has 32 heavy (non-hydrogen) atoms. The smallest absolute Gasteiger partial charge is 0.276 e. The van der Waals surface area contributed by atoms with Gasteiger partial charge in [0.25, 0.3) is 11.5 Å². The highest BCUT2D eigenvalue weighted by atomic mass is 16.5. The first-order chi connectivity index (χ1) is 15.5. The van der Waals surface area contributed by atoms with Crippen LogP contribution in [0.15, 0.2) is 41.2 Å². The number of aromatic amines is 2. The molecule has 3 heterocycles. The molecule has 1 amide bonds. The van der Waals surface area contributed by atoms with Crippen LogP contribution in [-0.2, 0) is 0 Å². The molecular formula is C23H24N6O3. The SMILES string of the molecule is COc1cc2[nH]c(-c3nc4ccccc4[nH]c3=O)c(N)c2cc1C(=O)N1CCN(C)CC1. The molecule has 4 aromatic rings. The molecule has 0 spiro atoms. The van der Waals surface area contributed by atoms with Crippen molar-refractivity contribution in [3.05, 3.63) is 52.3 Å². The number of anilines is 1. The molecule has 5 rings (SSSR count). The summed E-state index contributed by atoms with van der Waals surface area (Å²) in [6, 6.07) is 10.8. The third-order valence-corrected chi connectivity index (χ3v) is 6.02. The van der Waals surface area contributed by atoms with Crippen LogP contribution in [-0.4, -0.2) is 71.0 Å². The number of carbonyl (C=O) groups excluding carboxylic acids is 1. The molecule has 4 N–H and O–H groups in total. The second-order valence-corrected chi connectivity index (χ2v) is 8.04. The van der Waals surface area contributed by atoms with Crippen molar-refractivity contribution in [3.63, 3.8) is 0 Å². The van der Waals surface area contributed by atoms with Crippen molar-refractivity contribution >= 4 is 33.5 Å². The molecule has 0 bridgehead atoms. The number of nitrogens with zero attached hydrogens (tertiary/aromatic N) is 3. The minimum absolute atomic E-state index is 0.0966. The van der Waals surface area contributed by atoms with E-state index in [1.54, 1.807) is 18.2 Å². The number of para-hydroxylation sites is 2. The monoisotopic (exact) mass is 432 g/mol. The summed E-state index contributed by atoms with van der Waals surface area (Å²) < 4.78 is 5.52. The van der Waals surface area contributed by atoms with Gasteiger partial charge in [0.1, 0.15) is 5.75 Å². The lowest BCUT2D eigenvalue weighted by atomic mass is 10.1. The van der Waals surface area contributed by atoms with Gasteiger partial charge in [0.2, 0.25) is 0 Å². The van der Waals surface area contributed by atoms with Gasteiger partial charge in [-0.3, -0.25) is 9.59 Å². The number of aromatic nitrogens is 3. The van der Waals surface area contributed by atoms with Crippen LogP contribution < -0.4 is 16.0 Å². The number of hydrogen-bond acceptors (Lipinski definition) is 6. The Bertz CT molecular complexity index is 1400. The van der Waals surface area contributed by atoms with E-state index >= 15 is 0 Å². The Morgan fingerprint density at radius 1 is 1.09 bits per heavy atom. The maximum Gasteiger partial charge on any atom is 0.276 e. The number of amides is 1. The minimum atomic E-state index is -0.345. The predicted molar refractivity (Wildman–Crippen MR) is 124 cm³/mol. The number of benzene rings is 2. The Labute approximate surface area is 183 Å². The number of fused-ring (bicyclic) bond motifs is 2. The molecule has 0 aliphatic carbocycles. The first-order valence-electron chi connectivity index (χ1n) is 10.4. The van der Waals surface area contributed by atoms with Gasteiger partial charge in [-0.05, 0) is 25.2 Å². The largest absolute Gasteiger partial charge is 0.496 e. The Hall–Kier alpha value is -3.85. The molecule has 0 atom stereocenters. The highest BCUT2D eigenvalue weighted by Crippen LogP contribution is 2.35. The third-order valence-electron chi connectivity index (χ3n) is 6.02. The van der Waals surface area contributed by atoms with Crippen molar-refractivity contribution in [1.82, 2.24) is 24.8 Å². The summed E-state index contributed by atoms with van der Waals surface area (Å²) in [6.07, 6.45) is 0. The van der Waals surface area contributed by atoms with E-state index in [-0.39, 0.29) is 17.2 Å². The standard InChI is InChI=1S/C23H24N6O3/c1-28-7-9-29(10-8-28)23(31)14-11-13-17(12-18(14)32-2)26-20(19(13)24)21-22(30)27-16-6-4-3-5-15(16)25-21/h3-6,11-12,26H,7-10,24H2,1-2H3,(H,27,30). The zero-order chi connectivity index (χ0) is 22.4. The Morgan fingerprint density at radius 2 is 1.84 bits per heavy atom. The molecular weight excluding hydrogens is 408 g/mol. The van der Waals surface area contributed by atoms with Gasteiger partial charge in [-0.2, -0.15) is 0 Å². The molecule has 1 fully saturated rings. The van der Waals surface area contributed by atoms with E-state index in [1.165, 1.54) is 7.11 Å². The maximum atomic E-state index is 13.2. The second kappa shape index (κ2) is 7.69. The summed E-state index contributed by atoms with van der Waals surface area (Å²) >= 11 is 0. The minimum Gasteiger partial charge on any atom is -0.496 e. The molecule has 1 aliphatic rings. The number of nitrogens with two attached hydrogens (primary N) is 1. The van der Waals surface area contributed by atoms with Crippen molar-refractivity contribution < 1.29 is 9.53 Å². The molecule has 0 saturated carbocycles. The number of rotatable bonds is 3. The second-order valence-electron chi connectivity index (χ2n) is 8.04. The van der Waals surface area contributed by atoms with E-state index in [9.17, 15) is 9.59 Å². The lowest BCUT2D eigenvalue weighted by molar-refractivity contribution is 0.0661. The molecule has 2 aromatic heterocycles. The molecule has 9 heteroatoms. The molecule has 9 nitrogen and oxygen atoms in total. The van der Waals surface area contributed by atoms with E-state index in [4.69, 9.17) is 10.5 Å². The van der Waals surface area contributed by atoms with Crippen molar-refractivity contribution in [3.8, 4) is 17.1 Å². The fraction of sp³-hybridized carbons (Fsp3) is 0.261. The predicted octanol–water partition coefficient (Wildman–Crippen LogP) is 2.05. The van der Waals surface area contributed by atoms with E-state index in [2.05, 4.69) is 19.9 Å². The Kier molecular flexibility index (Phi) is 4.82. The van der Waals surface area contributed by atoms with Crippen LogP contribution in [0.2, 0.25) is 0 Å². The van der Waals surface area contributed by atoms with Gasteiger partial charge in [0.05, 0.1) is 40.6 Å². The summed E-state index contributed by atoms with van der Waals surface area (Å²) in [5.74, 6) is 0.357. The van der Waals surface area contributed by atoms with Gasteiger partial charge in [-0.15, -0.1) is 0 Å². The fourth-order valence-corrected chi connectivity index (χ4v) is 4.14. The molecule has 164 valence electrons. The van der Waals surface area contributed by atoms with E-state index in [0.717, 1.165) is 13.1 Å². The normalized spacial score (nSPS) is 14.9. The average molecular weight is 432 g/mol. The third kappa shape index (κ3) is 3.27. The van der Waals surface area contributed by atoms with Gasteiger partial charge >= 0.3 is 0 Å². The van der Waals surface area contributed by atoms with Crippen molar-refractivity contribution in [2.24, 2.45) is 0 Å². The van der Waals surface area contributed by atoms with Crippen LogP contribution in [0.5, 0.6) is 5.75 Å². The van der Waals surface area contributed by atoms with Crippen molar-refractivity contribution in [1.29, 1.82) is 0 Å². The number of likely N-dealkylation sites (N-methyl/N-ethyl adjacent to an activating group) is 1. The summed E-state index contributed by atoms with van der Waals surface area (Å²) in [5, 5.41) is 0.646. The summed E-state index contributed by atoms with van der Waals surface area (Å²) in [4.78, 5) is 40.5. The number of H-pyrrole nitrogens is 2. The lowest BCUT2D eigenvalue weighted by Gasteiger charge is -2.32. The first kappa shape index (κ1) is 20.1. The molecule has 0 radical (unpaired) electrons. The number of methoxy groups -OCH3 is 1. The topological polar surface area (TPSA) is 120 Å². The number of ether oxygens (including phenoxy) is 1. The quantitative estimate of drug-likeness (QED) is 0.456. The first-order valence-corrected chi connectivity index (χ1v) is 10.4. The number of piperazine rings is 1. The Balaban J connectivity index is 1.62. The molecule has 0 unspecified atom stereocenters. The molecule has 2 aromatic carbocycles. The molecule has 1 saturated heterocycles. The summed E-state index contributed by atoms with van der Waals surface area (Å²) in [7, 11) is 3.57. The van der Waals surface area contributed by atoms with Crippen LogP contribution in [0.25, 0.3) is 33.3 Å². The van der Waals surface area contributed by atoms with Gasteiger partial charge in [0.15, 0.2) is 5.69 Å². The summed E-state index contributed by atoms with van der Waals surface area (Å²) in [5.41, 5.74) is 9.50. The van der Waals surface area contributed by atoms with Gasteiger partial charge in [-0.1, -0.05) is 12.1 Å². The lowest BCUT2D eigenvalue weighted by Crippen LogP contribution is -2.47. The van der Waals surface area contributed by atoms with Crippen molar-refractivity contribution in [2.75, 3.05) is 46.1 Å². The average Bonchev–Trinajstić information content (AvgIpc) is 3.13. The zero-order valence-electron chi connectivity index (χ0n) is 17.9. The number of carbonyl (C=O) groups is 1. The van der Waals surface area contributed by atoms with Crippen LogP contribution in [0.1, 0.15) is 10.4 Å². The van der Waals surface area contributed by atoms with Gasteiger partial charge < -0.3 is 30.2 Å². The van der Waals surface area contributed by atoms with Crippen LogP contribution in [0.3, 0.4) is 0 Å². The van der Waals surface area contributed by atoms with Crippen LogP contribution >= 0.6 is 0 Å².